The van der Waals surface area contributed by atoms with E-state index >= 15 is 17.6 Å². The van der Waals surface area contributed by atoms with Gasteiger partial charge >= 0.3 is 47.4 Å². The number of aryl methyl sites for hydroxylation is 4. The first-order chi connectivity index (χ1) is 21.5. The van der Waals surface area contributed by atoms with E-state index in [0.717, 1.165) is 0 Å². The standard InChI is InChI=1S/C30H32F16N2/c1-5-9-17-13-19(11-15(7-3)21(17)47)23(31,32)25(35,36)27(39,40)29(43,44)30(45,46)28(41,42)26(37,38)24(33,34)20-12-16(8-4)22(48)18(14-20)10-6-2/h11-14H,5-10,47-48H2,1-4H3. The zero-order valence-electron chi connectivity index (χ0n) is 25.8. The maximum absolute atomic E-state index is 15.0. The van der Waals surface area contributed by atoms with E-state index in [9.17, 15) is 52.7 Å². The van der Waals surface area contributed by atoms with Crippen LogP contribution in [-0.4, -0.2) is 35.5 Å². The third-order valence-electron chi connectivity index (χ3n) is 7.99. The van der Waals surface area contributed by atoms with Crippen molar-refractivity contribution >= 4 is 11.4 Å². The number of benzene rings is 2. The second-order valence-corrected chi connectivity index (χ2v) is 11.2. The highest BCUT2D eigenvalue weighted by Gasteiger charge is 2.95. The summed E-state index contributed by atoms with van der Waals surface area (Å²) in [6.07, 6.45) is -1.01. The number of alkyl halides is 16. The van der Waals surface area contributed by atoms with Crippen LogP contribution in [0, 0.1) is 0 Å². The molecule has 2 aromatic rings. The number of anilines is 2. The van der Waals surface area contributed by atoms with Crippen LogP contribution in [0.4, 0.5) is 81.6 Å². The third kappa shape index (κ3) is 5.81. The predicted octanol–water partition coefficient (Wildman–Crippen LogP) is 10.6. The van der Waals surface area contributed by atoms with Gasteiger partial charge in [-0.1, -0.05) is 40.5 Å². The molecule has 0 aliphatic rings. The summed E-state index contributed by atoms with van der Waals surface area (Å²) in [6.45, 7) is 5.31. The highest BCUT2D eigenvalue weighted by molar-refractivity contribution is 5.58. The third-order valence-corrected chi connectivity index (χ3v) is 7.99. The van der Waals surface area contributed by atoms with Crippen molar-refractivity contribution in [1.82, 2.24) is 0 Å². The number of halogens is 16. The lowest BCUT2D eigenvalue weighted by atomic mass is 9.84. The maximum atomic E-state index is 15.0. The summed E-state index contributed by atoms with van der Waals surface area (Å²) in [5.41, 5.74) is 4.90. The Morgan fingerprint density at radius 1 is 0.396 bits per heavy atom. The first-order valence-corrected chi connectivity index (χ1v) is 14.4. The Morgan fingerprint density at radius 3 is 0.854 bits per heavy atom. The minimum Gasteiger partial charge on any atom is -0.398 e. The second-order valence-electron chi connectivity index (χ2n) is 11.2. The molecule has 2 nitrogen and oxygen atoms in total. The molecule has 18 heteroatoms. The van der Waals surface area contributed by atoms with E-state index in [0.29, 0.717) is 0 Å². The van der Waals surface area contributed by atoms with E-state index in [-0.39, 0.29) is 85.3 Å². The quantitative estimate of drug-likeness (QED) is 0.142. The Bertz CT molecular complexity index is 1360. The summed E-state index contributed by atoms with van der Waals surface area (Å²) < 4.78 is 237. The predicted molar refractivity (Wildman–Crippen MR) is 146 cm³/mol. The number of hydrogen-bond donors (Lipinski definition) is 2. The Hall–Kier alpha value is -3.08. The molecule has 48 heavy (non-hydrogen) atoms. The Kier molecular flexibility index (Phi) is 11.1. The van der Waals surface area contributed by atoms with Crippen molar-refractivity contribution < 1.29 is 70.2 Å². The van der Waals surface area contributed by atoms with Crippen LogP contribution >= 0.6 is 0 Å². The molecule has 0 saturated carbocycles. The summed E-state index contributed by atoms with van der Waals surface area (Å²) in [6, 6.07) is 0.265. The van der Waals surface area contributed by atoms with E-state index in [1.165, 1.54) is 27.7 Å². The van der Waals surface area contributed by atoms with Gasteiger partial charge in [0, 0.05) is 22.5 Å². The van der Waals surface area contributed by atoms with Crippen LogP contribution in [0.2, 0.25) is 0 Å². The normalized spacial score (nSPS) is 14.5. The fourth-order valence-corrected chi connectivity index (χ4v) is 5.00. The highest BCUT2D eigenvalue weighted by Crippen LogP contribution is 2.66. The molecule has 0 amide bonds. The number of rotatable bonds is 15. The topological polar surface area (TPSA) is 52.0 Å². The van der Waals surface area contributed by atoms with Gasteiger partial charge in [0.2, 0.25) is 0 Å². The molecule has 0 bridgehead atoms. The molecule has 0 radical (unpaired) electrons. The van der Waals surface area contributed by atoms with Gasteiger partial charge < -0.3 is 11.5 Å². The van der Waals surface area contributed by atoms with E-state index in [4.69, 9.17) is 11.5 Å². The molecule has 4 N–H and O–H groups in total. The summed E-state index contributed by atoms with van der Waals surface area (Å²) in [7, 11) is 0. The summed E-state index contributed by atoms with van der Waals surface area (Å²) in [4.78, 5) is 0. The molecule has 274 valence electrons. The van der Waals surface area contributed by atoms with Crippen LogP contribution in [0.25, 0.3) is 0 Å². The lowest BCUT2D eigenvalue weighted by molar-refractivity contribution is -0.456. The zero-order chi connectivity index (χ0) is 37.7. The van der Waals surface area contributed by atoms with E-state index in [1.54, 1.807) is 0 Å². The molecule has 0 aromatic heterocycles. The molecular formula is C30H32F16N2. The van der Waals surface area contributed by atoms with Gasteiger partial charge in [-0.05, 0) is 72.2 Å². The number of nitrogen functional groups attached to an aromatic ring is 2. The van der Waals surface area contributed by atoms with Gasteiger partial charge in [0.25, 0.3) is 0 Å². The molecular weight excluding hydrogens is 692 g/mol. The molecule has 0 aliphatic heterocycles. The molecule has 0 fully saturated rings. The molecule has 0 spiro atoms. The Labute approximate surface area is 264 Å². The smallest absolute Gasteiger partial charge is 0.385 e. The summed E-state index contributed by atoms with van der Waals surface area (Å²) in [5, 5.41) is 0. The number of hydrogen-bond acceptors (Lipinski definition) is 2. The first-order valence-electron chi connectivity index (χ1n) is 14.4. The fourth-order valence-electron chi connectivity index (χ4n) is 5.00. The van der Waals surface area contributed by atoms with Gasteiger partial charge in [-0.15, -0.1) is 0 Å². The maximum Gasteiger partial charge on any atom is 0.385 e. The van der Waals surface area contributed by atoms with Crippen LogP contribution in [0.15, 0.2) is 24.3 Å². The summed E-state index contributed by atoms with van der Waals surface area (Å²) in [5.74, 6) is -62.2. The Morgan fingerprint density at radius 2 is 0.625 bits per heavy atom. The van der Waals surface area contributed by atoms with Gasteiger partial charge in [0.15, 0.2) is 0 Å². The zero-order valence-corrected chi connectivity index (χ0v) is 25.8. The van der Waals surface area contributed by atoms with Crippen molar-refractivity contribution in [3.05, 3.63) is 57.6 Å². The molecule has 0 unspecified atom stereocenters. The number of nitrogens with two attached hydrogens (primary N) is 2. The van der Waals surface area contributed by atoms with Crippen molar-refractivity contribution in [1.29, 1.82) is 0 Å². The van der Waals surface area contributed by atoms with Crippen molar-refractivity contribution in [2.75, 3.05) is 11.5 Å². The fraction of sp³-hybridized carbons (Fsp3) is 0.600. The molecule has 2 aromatic carbocycles. The minimum atomic E-state index is -8.52. The van der Waals surface area contributed by atoms with E-state index < -0.39 is 69.6 Å². The molecule has 0 atom stereocenters. The van der Waals surface area contributed by atoms with Crippen LogP contribution in [-0.2, 0) is 37.5 Å². The van der Waals surface area contributed by atoms with Crippen molar-refractivity contribution in [2.45, 2.75) is 114 Å². The summed E-state index contributed by atoms with van der Waals surface area (Å²) >= 11 is 0. The molecule has 0 heterocycles. The lowest BCUT2D eigenvalue weighted by Gasteiger charge is -2.44. The van der Waals surface area contributed by atoms with Crippen LogP contribution in [0.3, 0.4) is 0 Å². The highest BCUT2D eigenvalue weighted by atomic mass is 19.4. The molecule has 0 saturated heterocycles. The van der Waals surface area contributed by atoms with Gasteiger partial charge in [-0.25, -0.2) is 0 Å². The van der Waals surface area contributed by atoms with E-state index in [1.807, 2.05) is 0 Å². The average Bonchev–Trinajstić information content (AvgIpc) is 2.98. The average molecular weight is 725 g/mol. The van der Waals surface area contributed by atoms with Gasteiger partial charge in [-0.3, -0.25) is 0 Å². The van der Waals surface area contributed by atoms with Crippen LogP contribution in [0.1, 0.15) is 73.9 Å². The molecule has 0 aliphatic carbocycles. The lowest BCUT2D eigenvalue weighted by Crippen LogP contribution is -2.74. The SMILES string of the molecule is CCCc1cc(C(F)(F)C(F)(F)C(F)(F)C(F)(F)C(F)(F)C(F)(F)C(F)(F)C(F)(F)c2cc(CC)c(N)c(CCC)c2)cc(CC)c1N. The monoisotopic (exact) mass is 724 g/mol. The van der Waals surface area contributed by atoms with Crippen molar-refractivity contribution in [2.24, 2.45) is 0 Å². The van der Waals surface area contributed by atoms with Gasteiger partial charge in [0.1, 0.15) is 0 Å². The molecule has 2 rings (SSSR count). The van der Waals surface area contributed by atoms with Gasteiger partial charge in [0.05, 0.1) is 0 Å². The minimum absolute atomic E-state index is 0.0576. The van der Waals surface area contributed by atoms with Crippen molar-refractivity contribution in [3.63, 3.8) is 0 Å². The largest absolute Gasteiger partial charge is 0.398 e. The van der Waals surface area contributed by atoms with Crippen molar-refractivity contribution in [3.8, 4) is 0 Å². The first kappa shape index (κ1) is 41.1. The Balaban J connectivity index is 2.77. The van der Waals surface area contributed by atoms with Crippen LogP contribution in [0.5, 0.6) is 0 Å². The van der Waals surface area contributed by atoms with E-state index in [2.05, 4.69) is 0 Å². The second kappa shape index (κ2) is 13.0. The van der Waals surface area contributed by atoms with Gasteiger partial charge in [-0.2, -0.15) is 70.2 Å². The van der Waals surface area contributed by atoms with Crippen LogP contribution < -0.4 is 11.5 Å².